The van der Waals surface area contributed by atoms with Gasteiger partial charge >= 0.3 is 0 Å². The molecule has 0 atom stereocenters. The van der Waals surface area contributed by atoms with Gasteiger partial charge in [0.05, 0.1) is 0 Å². The molecular formula is C4H9ClS. The maximum Gasteiger partial charge on any atom is -0.00954 e. The van der Waals surface area contributed by atoms with Gasteiger partial charge < -0.3 is 0 Å². The van der Waals surface area contributed by atoms with Gasteiger partial charge in [-0.05, 0) is 24.2 Å². The van der Waals surface area contributed by atoms with E-state index in [1.807, 2.05) is 0 Å². The summed E-state index contributed by atoms with van der Waals surface area (Å²) in [7, 11) is 5.38. The van der Waals surface area contributed by atoms with Gasteiger partial charge in [0, 0.05) is 0 Å². The number of halogens is 1. The van der Waals surface area contributed by atoms with Gasteiger partial charge in [-0.1, -0.05) is 10.7 Å². The summed E-state index contributed by atoms with van der Waals surface area (Å²) in [6.45, 7) is 0. The molecule has 0 aliphatic carbocycles. The third-order valence-corrected chi connectivity index (χ3v) is 4.35. The van der Waals surface area contributed by atoms with Crippen LogP contribution in [0.4, 0.5) is 0 Å². The summed E-state index contributed by atoms with van der Waals surface area (Å²) in [6.07, 6.45) is 3.55. The van der Waals surface area contributed by atoms with E-state index in [0.29, 0.717) is 0 Å². The number of rotatable bonds is 0. The molecule has 0 spiro atoms. The zero-order chi connectivity index (χ0) is 4.62. The lowest BCUT2D eigenvalue weighted by molar-refractivity contribution is 1.04. The third kappa shape index (κ3) is 0.824. The second-order valence-electron chi connectivity index (χ2n) is 1.92. The van der Waals surface area contributed by atoms with Crippen molar-refractivity contribution in [3.05, 3.63) is 0 Å². The normalized spacial score (nSPS) is 34.3. The molecule has 0 aromatic carbocycles. The van der Waals surface area contributed by atoms with Gasteiger partial charge in [-0.25, -0.2) is 0 Å². The first-order chi connectivity index (χ1) is 2.71. The molecule has 1 aliphatic heterocycles. The van der Waals surface area contributed by atoms with Gasteiger partial charge in [-0.15, -0.1) is 0 Å². The van der Waals surface area contributed by atoms with Gasteiger partial charge in [0.2, 0.25) is 0 Å². The summed E-state index contributed by atoms with van der Waals surface area (Å²) < 4.78 is 0. The molecule has 38 valence electrons. The topological polar surface area (TPSA) is 0 Å². The molecule has 6 heavy (non-hydrogen) atoms. The molecule has 1 heterocycles. The number of hydrogen-bond donors (Lipinski definition) is 0. The van der Waals surface area contributed by atoms with Gasteiger partial charge in [-0.3, -0.25) is 0 Å². The summed E-state index contributed by atoms with van der Waals surface area (Å²) >= 11 is 0. The first kappa shape index (κ1) is 4.79. The van der Waals surface area contributed by atoms with Crippen LogP contribution < -0.4 is 0 Å². The highest BCUT2D eigenvalue weighted by Gasteiger charge is 2.22. The van der Waals surface area contributed by atoms with Gasteiger partial charge in [0.1, 0.15) is 0 Å². The van der Waals surface area contributed by atoms with Crippen LogP contribution in [0.5, 0.6) is 0 Å². The SMILES string of the molecule is CS1(Cl)CCC1. The maximum atomic E-state index is 5.89. The Bertz CT molecular complexity index is 54.6. The Morgan fingerprint density at radius 1 is 1.50 bits per heavy atom. The first-order valence-electron chi connectivity index (χ1n) is 2.14. The Balaban J connectivity index is 2.31. The van der Waals surface area contributed by atoms with Gasteiger partial charge in [0.25, 0.3) is 0 Å². The fourth-order valence-electron chi connectivity index (χ4n) is 0.542. The lowest BCUT2D eigenvalue weighted by Crippen LogP contribution is -2.13. The van der Waals surface area contributed by atoms with E-state index in [2.05, 4.69) is 6.26 Å². The zero-order valence-electron chi connectivity index (χ0n) is 3.91. The fourth-order valence-corrected chi connectivity index (χ4v) is 2.28. The first-order valence-corrected chi connectivity index (χ1v) is 5.35. The van der Waals surface area contributed by atoms with Crippen molar-refractivity contribution in [3.63, 3.8) is 0 Å². The van der Waals surface area contributed by atoms with Crippen molar-refractivity contribution < 1.29 is 0 Å². The molecule has 2 heteroatoms. The minimum absolute atomic E-state index is 0.509. The molecular weight excluding hydrogens is 116 g/mol. The minimum Gasteiger partial charge on any atom is -0.166 e. The Labute approximate surface area is 44.7 Å². The highest BCUT2D eigenvalue weighted by Crippen LogP contribution is 2.57. The van der Waals surface area contributed by atoms with Crippen LogP contribution in [0.3, 0.4) is 0 Å². The average molecular weight is 125 g/mol. The van der Waals surface area contributed by atoms with Crippen molar-refractivity contribution in [1.82, 2.24) is 0 Å². The van der Waals surface area contributed by atoms with E-state index >= 15 is 0 Å². The van der Waals surface area contributed by atoms with E-state index in [4.69, 9.17) is 10.7 Å². The molecule has 0 bridgehead atoms. The molecule has 1 aliphatic rings. The molecule has 1 fully saturated rings. The molecule has 1 saturated heterocycles. The summed E-state index contributed by atoms with van der Waals surface area (Å²) in [5.74, 6) is 2.60. The molecule has 0 aromatic heterocycles. The van der Waals surface area contributed by atoms with Crippen LogP contribution in [0.1, 0.15) is 6.42 Å². The molecule has 1 rings (SSSR count). The molecule has 0 radical (unpaired) electrons. The minimum atomic E-state index is -0.509. The largest absolute Gasteiger partial charge is 0.166 e. The highest BCUT2D eigenvalue weighted by atomic mass is 35.7. The predicted octanol–water partition coefficient (Wildman–Crippen LogP) is 1.98. The second-order valence-corrected chi connectivity index (χ2v) is 7.28. The molecule has 0 saturated carbocycles. The summed E-state index contributed by atoms with van der Waals surface area (Å²) in [5, 5.41) is 0. The maximum absolute atomic E-state index is 5.89. The molecule has 0 aromatic rings. The van der Waals surface area contributed by atoms with Crippen LogP contribution in [0, 0.1) is 0 Å². The molecule has 0 unspecified atom stereocenters. The van der Waals surface area contributed by atoms with Crippen molar-refractivity contribution >= 4 is 19.9 Å². The second kappa shape index (κ2) is 1.31. The van der Waals surface area contributed by atoms with E-state index < -0.39 is 9.24 Å². The van der Waals surface area contributed by atoms with Crippen LogP contribution >= 0.6 is 19.9 Å². The predicted molar refractivity (Wildman–Crippen MR) is 33.7 cm³/mol. The Morgan fingerprint density at radius 2 is 1.83 bits per heavy atom. The van der Waals surface area contributed by atoms with Crippen LogP contribution in [0.25, 0.3) is 0 Å². The standard InChI is InChI=1S/C4H9ClS/c1-6(5)3-2-4-6/h2-4H2,1H3. The van der Waals surface area contributed by atoms with Gasteiger partial charge in [-0.2, -0.15) is 9.24 Å². The van der Waals surface area contributed by atoms with E-state index in [0.717, 1.165) is 0 Å². The molecule has 0 amide bonds. The van der Waals surface area contributed by atoms with Crippen molar-refractivity contribution in [2.45, 2.75) is 6.42 Å². The summed E-state index contributed by atoms with van der Waals surface area (Å²) in [6, 6.07) is 0. The highest BCUT2D eigenvalue weighted by molar-refractivity contribution is 8.51. The Hall–Kier alpha value is 0.640. The fraction of sp³-hybridized carbons (Fsp3) is 1.00. The van der Waals surface area contributed by atoms with E-state index in [1.54, 1.807) is 0 Å². The Kier molecular flexibility index (Phi) is 1.04. The molecule has 0 N–H and O–H groups in total. The third-order valence-electron chi connectivity index (χ3n) is 1.14. The van der Waals surface area contributed by atoms with Crippen LogP contribution in [-0.2, 0) is 0 Å². The van der Waals surface area contributed by atoms with E-state index in [1.165, 1.54) is 17.9 Å². The van der Waals surface area contributed by atoms with Crippen molar-refractivity contribution in [3.8, 4) is 0 Å². The van der Waals surface area contributed by atoms with Crippen LogP contribution in [-0.4, -0.2) is 17.8 Å². The van der Waals surface area contributed by atoms with Crippen LogP contribution in [0.2, 0.25) is 0 Å². The van der Waals surface area contributed by atoms with Crippen molar-refractivity contribution in [1.29, 1.82) is 0 Å². The zero-order valence-corrected chi connectivity index (χ0v) is 5.48. The van der Waals surface area contributed by atoms with Gasteiger partial charge in [0.15, 0.2) is 0 Å². The van der Waals surface area contributed by atoms with Crippen LogP contribution in [0.15, 0.2) is 0 Å². The van der Waals surface area contributed by atoms with Crippen molar-refractivity contribution in [2.24, 2.45) is 0 Å². The molecule has 0 nitrogen and oxygen atoms in total. The van der Waals surface area contributed by atoms with E-state index in [-0.39, 0.29) is 0 Å². The smallest absolute Gasteiger partial charge is 0.00954 e. The lowest BCUT2D eigenvalue weighted by Gasteiger charge is -2.36. The quantitative estimate of drug-likeness (QED) is 0.463. The summed E-state index contributed by atoms with van der Waals surface area (Å²) in [5.41, 5.74) is 0. The average Bonchev–Trinajstić information content (AvgIpc) is 1.32. The number of hydrogen-bond acceptors (Lipinski definition) is 0. The Morgan fingerprint density at radius 3 is 1.83 bits per heavy atom. The lowest BCUT2D eigenvalue weighted by atomic mass is 10.5. The van der Waals surface area contributed by atoms with E-state index in [9.17, 15) is 0 Å². The summed E-state index contributed by atoms with van der Waals surface area (Å²) in [4.78, 5) is 0. The monoisotopic (exact) mass is 124 g/mol. The van der Waals surface area contributed by atoms with Crippen molar-refractivity contribution in [2.75, 3.05) is 17.8 Å².